The Morgan fingerprint density at radius 1 is 1.47 bits per heavy atom. The van der Waals surface area contributed by atoms with Gasteiger partial charge in [0.15, 0.2) is 0 Å². The summed E-state index contributed by atoms with van der Waals surface area (Å²) >= 11 is 5.76. The van der Waals surface area contributed by atoms with Crippen LogP contribution in [0.1, 0.15) is 26.2 Å². The molecular formula is C13H20ClN3O2. The number of halogens is 1. The molecule has 1 aromatic rings. The molecular weight excluding hydrogens is 266 g/mol. The minimum atomic E-state index is -0.564. The van der Waals surface area contributed by atoms with E-state index in [1.165, 1.54) is 0 Å². The Bertz CT molecular complexity index is 415. The van der Waals surface area contributed by atoms with E-state index >= 15 is 0 Å². The summed E-state index contributed by atoms with van der Waals surface area (Å²) in [4.78, 5) is 10.3. The Morgan fingerprint density at radius 3 is 2.68 bits per heavy atom. The molecule has 1 saturated heterocycles. The minimum Gasteiger partial charge on any atom is -0.396 e. The Labute approximate surface area is 118 Å². The molecule has 5 nitrogen and oxygen atoms in total. The lowest BCUT2D eigenvalue weighted by molar-refractivity contribution is -0.0373. The molecule has 0 amide bonds. The van der Waals surface area contributed by atoms with Crippen molar-refractivity contribution in [2.45, 2.75) is 32.3 Å². The third-order valence-electron chi connectivity index (χ3n) is 3.93. The summed E-state index contributed by atoms with van der Waals surface area (Å²) in [5, 5.41) is 20.5. The number of aliphatic hydroxyl groups excluding tert-OH is 2. The zero-order valence-electron chi connectivity index (χ0n) is 11.1. The molecule has 0 spiro atoms. The summed E-state index contributed by atoms with van der Waals surface area (Å²) in [6.45, 7) is 3.28. The van der Waals surface area contributed by atoms with Crippen molar-refractivity contribution in [3.63, 3.8) is 0 Å². The number of aromatic nitrogens is 2. The van der Waals surface area contributed by atoms with E-state index in [1.54, 1.807) is 12.4 Å². The first-order valence-corrected chi connectivity index (χ1v) is 7.00. The number of rotatable bonds is 4. The zero-order chi connectivity index (χ0) is 13.9. The van der Waals surface area contributed by atoms with E-state index in [9.17, 15) is 10.2 Å². The van der Waals surface area contributed by atoms with Gasteiger partial charge in [-0.15, -0.1) is 0 Å². The van der Waals surface area contributed by atoms with Gasteiger partial charge in [0, 0.05) is 18.5 Å². The van der Waals surface area contributed by atoms with Crippen LogP contribution in [-0.4, -0.2) is 46.0 Å². The van der Waals surface area contributed by atoms with Crippen molar-refractivity contribution >= 4 is 17.5 Å². The van der Waals surface area contributed by atoms with Crippen LogP contribution in [0.25, 0.3) is 0 Å². The number of piperidine rings is 1. The Morgan fingerprint density at radius 2 is 2.16 bits per heavy atom. The number of aliphatic hydroxyl groups is 2. The fraction of sp³-hybridized carbons (Fsp3) is 0.692. The third-order valence-corrected chi connectivity index (χ3v) is 4.13. The van der Waals surface area contributed by atoms with Crippen LogP contribution in [0.3, 0.4) is 0 Å². The average molecular weight is 286 g/mol. The predicted octanol–water partition coefficient (Wildman–Crippen LogP) is 1.48. The standard InChI is InChI=1S/C13H20ClN3O2/c1-2-3-13(9-18)4-5-17(8-11(13)19)12-15-6-10(14)7-16-12/h6-7,11,18-19H,2-5,8-9H2,1H3/t11-,13-/m1/s1. The summed E-state index contributed by atoms with van der Waals surface area (Å²) in [5.41, 5.74) is -0.377. The molecule has 1 aliphatic rings. The summed E-state index contributed by atoms with van der Waals surface area (Å²) in [6.07, 6.45) is 5.07. The van der Waals surface area contributed by atoms with Crippen LogP contribution in [0.4, 0.5) is 5.95 Å². The van der Waals surface area contributed by atoms with Crippen molar-refractivity contribution in [3.05, 3.63) is 17.4 Å². The largest absolute Gasteiger partial charge is 0.396 e. The molecule has 2 heterocycles. The first-order chi connectivity index (χ1) is 9.11. The van der Waals surface area contributed by atoms with E-state index in [2.05, 4.69) is 16.9 Å². The maximum atomic E-state index is 10.4. The number of hydrogen-bond acceptors (Lipinski definition) is 5. The topological polar surface area (TPSA) is 69.5 Å². The Hall–Kier alpha value is -0.910. The third kappa shape index (κ3) is 2.99. The average Bonchev–Trinajstić information content (AvgIpc) is 2.42. The SMILES string of the molecule is CCC[C@]1(CO)CCN(c2ncc(Cl)cn2)C[C@H]1O. The summed E-state index contributed by atoms with van der Waals surface area (Å²) in [6, 6.07) is 0. The second kappa shape index (κ2) is 6.03. The maximum absolute atomic E-state index is 10.4. The van der Waals surface area contributed by atoms with E-state index in [-0.39, 0.29) is 12.0 Å². The van der Waals surface area contributed by atoms with Crippen molar-refractivity contribution < 1.29 is 10.2 Å². The van der Waals surface area contributed by atoms with Crippen molar-refractivity contribution in [1.29, 1.82) is 0 Å². The smallest absolute Gasteiger partial charge is 0.225 e. The molecule has 1 fully saturated rings. The first-order valence-electron chi connectivity index (χ1n) is 6.63. The number of hydrogen-bond donors (Lipinski definition) is 2. The van der Waals surface area contributed by atoms with Crippen molar-refractivity contribution in [2.75, 3.05) is 24.6 Å². The van der Waals surface area contributed by atoms with Crippen LogP contribution in [0, 0.1) is 5.41 Å². The molecule has 0 aromatic carbocycles. The molecule has 0 radical (unpaired) electrons. The molecule has 0 unspecified atom stereocenters. The summed E-state index contributed by atoms with van der Waals surface area (Å²) in [5.74, 6) is 0.575. The molecule has 0 bridgehead atoms. The van der Waals surface area contributed by atoms with E-state index in [4.69, 9.17) is 11.6 Å². The molecule has 106 valence electrons. The van der Waals surface area contributed by atoms with Gasteiger partial charge in [-0.3, -0.25) is 0 Å². The zero-order valence-corrected chi connectivity index (χ0v) is 11.8. The van der Waals surface area contributed by atoms with Gasteiger partial charge in [-0.1, -0.05) is 24.9 Å². The lowest BCUT2D eigenvalue weighted by Crippen LogP contribution is -2.53. The molecule has 2 rings (SSSR count). The van der Waals surface area contributed by atoms with Gasteiger partial charge in [-0.2, -0.15) is 0 Å². The predicted molar refractivity (Wildman–Crippen MR) is 74.3 cm³/mol. The van der Waals surface area contributed by atoms with Gasteiger partial charge in [0.05, 0.1) is 30.1 Å². The lowest BCUT2D eigenvalue weighted by Gasteiger charge is -2.44. The van der Waals surface area contributed by atoms with Crippen LogP contribution in [-0.2, 0) is 0 Å². The van der Waals surface area contributed by atoms with E-state index in [0.717, 1.165) is 25.8 Å². The van der Waals surface area contributed by atoms with E-state index < -0.39 is 6.10 Å². The highest BCUT2D eigenvalue weighted by Crippen LogP contribution is 2.36. The van der Waals surface area contributed by atoms with E-state index in [0.29, 0.717) is 17.5 Å². The Balaban J connectivity index is 2.09. The monoisotopic (exact) mass is 285 g/mol. The molecule has 0 aliphatic carbocycles. The normalized spacial score (nSPS) is 27.6. The van der Waals surface area contributed by atoms with Crippen LogP contribution >= 0.6 is 11.6 Å². The highest BCUT2D eigenvalue weighted by molar-refractivity contribution is 6.30. The van der Waals surface area contributed by atoms with Crippen LogP contribution in [0.15, 0.2) is 12.4 Å². The van der Waals surface area contributed by atoms with Crippen LogP contribution in [0.2, 0.25) is 5.02 Å². The summed E-state index contributed by atoms with van der Waals surface area (Å²) < 4.78 is 0. The van der Waals surface area contributed by atoms with Gasteiger partial charge < -0.3 is 15.1 Å². The number of anilines is 1. The first kappa shape index (κ1) is 14.5. The van der Waals surface area contributed by atoms with Gasteiger partial charge in [0.1, 0.15) is 0 Å². The maximum Gasteiger partial charge on any atom is 0.225 e. The molecule has 2 atom stereocenters. The Kier molecular flexibility index (Phi) is 4.60. The fourth-order valence-corrected chi connectivity index (χ4v) is 2.82. The van der Waals surface area contributed by atoms with Gasteiger partial charge in [0.2, 0.25) is 5.95 Å². The van der Waals surface area contributed by atoms with Crippen molar-refractivity contribution in [3.8, 4) is 0 Å². The van der Waals surface area contributed by atoms with Crippen molar-refractivity contribution in [1.82, 2.24) is 9.97 Å². The molecule has 0 saturated carbocycles. The van der Waals surface area contributed by atoms with Crippen LogP contribution in [0.5, 0.6) is 0 Å². The number of nitrogens with zero attached hydrogens (tertiary/aromatic N) is 3. The van der Waals surface area contributed by atoms with Gasteiger partial charge in [-0.05, 0) is 12.8 Å². The van der Waals surface area contributed by atoms with Crippen molar-refractivity contribution in [2.24, 2.45) is 5.41 Å². The van der Waals surface area contributed by atoms with Crippen LogP contribution < -0.4 is 4.90 Å². The van der Waals surface area contributed by atoms with Gasteiger partial charge >= 0.3 is 0 Å². The van der Waals surface area contributed by atoms with Gasteiger partial charge in [-0.25, -0.2) is 9.97 Å². The highest BCUT2D eigenvalue weighted by atomic mass is 35.5. The molecule has 1 aliphatic heterocycles. The van der Waals surface area contributed by atoms with Gasteiger partial charge in [0.25, 0.3) is 0 Å². The summed E-state index contributed by atoms with van der Waals surface area (Å²) in [7, 11) is 0. The minimum absolute atomic E-state index is 0.0251. The fourth-order valence-electron chi connectivity index (χ4n) is 2.72. The molecule has 6 heteroatoms. The second-order valence-electron chi connectivity index (χ2n) is 5.18. The molecule has 2 N–H and O–H groups in total. The van der Waals surface area contributed by atoms with E-state index in [1.807, 2.05) is 4.90 Å². The molecule has 19 heavy (non-hydrogen) atoms. The highest BCUT2D eigenvalue weighted by Gasteiger charge is 2.41. The second-order valence-corrected chi connectivity index (χ2v) is 5.62. The lowest BCUT2D eigenvalue weighted by atomic mass is 9.73. The quantitative estimate of drug-likeness (QED) is 0.877. The molecule has 1 aromatic heterocycles. The number of β-amino-alcohol motifs (C(OH)–C–C–N with tert-alkyl or cyclic N) is 1.